The third kappa shape index (κ3) is 3.69. The first-order valence-electron chi connectivity index (χ1n) is 10.7. The minimum atomic E-state index is -1.24. The van der Waals surface area contributed by atoms with Gasteiger partial charge >= 0.3 is 6.03 Å². The molecule has 1 aliphatic heterocycles. The van der Waals surface area contributed by atoms with Crippen LogP contribution in [0.2, 0.25) is 0 Å². The molecule has 1 atom stereocenters. The molecule has 0 radical (unpaired) electrons. The molecule has 0 aliphatic carbocycles. The number of fused-ring (bicyclic) bond motifs is 1. The molecule has 1 saturated heterocycles. The zero-order valence-electron chi connectivity index (χ0n) is 18.3. The van der Waals surface area contributed by atoms with Crippen molar-refractivity contribution in [2.24, 2.45) is 0 Å². The van der Waals surface area contributed by atoms with Gasteiger partial charge in [-0.2, -0.15) is 0 Å². The molecule has 1 aliphatic rings. The van der Waals surface area contributed by atoms with E-state index in [0.717, 1.165) is 10.9 Å². The fourth-order valence-corrected chi connectivity index (χ4v) is 4.22. The van der Waals surface area contributed by atoms with Gasteiger partial charge in [-0.15, -0.1) is 0 Å². The Bertz CT molecular complexity index is 1460. The molecule has 170 valence electrons. The number of anilines is 1. The lowest BCUT2D eigenvalue weighted by Crippen LogP contribution is -2.40. The van der Waals surface area contributed by atoms with Crippen LogP contribution in [-0.4, -0.2) is 22.4 Å². The molecular weight excluding hydrogens is 435 g/mol. The Kier molecular flexibility index (Phi) is 5.13. The number of carbonyl (C=O) groups is 3. The standard InChI is InChI=1S/C26H21FN4O3/c1-26(24(33)29-25(34)30-26)18-9-6-10-19(14-18)28-23(32)22-13-16-7-3-5-12-21(16)31(22)15-17-8-2-4-11-20(17)27/h2-14H,15H2,1H3,(H,28,32)(H2,29,30,33,34). The monoisotopic (exact) mass is 456 g/mol. The highest BCUT2D eigenvalue weighted by Crippen LogP contribution is 2.28. The van der Waals surface area contributed by atoms with Gasteiger partial charge in [0.25, 0.3) is 11.8 Å². The maximum atomic E-state index is 14.4. The Labute approximate surface area is 194 Å². The fraction of sp³-hybridized carbons (Fsp3) is 0.115. The van der Waals surface area contributed by atoms with Crippen LogP contribution < -0.4 is 16.0 Å². The SMILES string of the molecule is CC1(c2cccc(NC(=O)c3cc4ccccc4n3Cc3ccccc3F)c2)NC(=O)NC1=O. The maximum absolute atomic E-state index is 14.4. The smallest absolute Gasteiger partial charge is 0.322 e. The Hall–Kier alpha value is -4.46. The molecular formula is C26H21FN4O3. The lowest BCUT2D eigenvalue weighted by molar-refractivity contribution is -0.123. The molecule has 4 amide bonds. The largest absolute Gasteiger partial charge is 0.332 e. The summed E-state index contributed by atoms with van der Waals surface area (Å²) in [6, 6.07) is 21.9. The number of hydrogen-bond donors (Lipinski definition) is 3. The van der Waals surface area contributed by atoms with E-state index in [2.05, 4.69) is 16.0 Å². The molecule has 2 heterocycles. The average Bonchev–Trinajstić information content (AvgIpc) is 3.32. The second-order valence-electron chi connectivity index (χ2n) is 8.33. The summed E-state index contributed by atoms with van der Waals surface area (Å²) in [6.45, 7) is 1.79. The van der Waals surface area contributed by atoms with Crippen molar-refractivity contribution in [2.75, 3.05) is 5.32 Å². The Balaban J connectivity index is 1.49. The fourth-order valence-electron chi connectivity index (χ4n) is 4.22. The van der Waals surface area contributed by atoms with E-state index in [1.807, 2.05) is 24.3 Å². The minimum Gasteiger partial charge on any atom is -0.332 e. The summed E-state index contributed by atoms with van der Waals surface area (Å²) in [7, 11) is 0. The highest BCUT2D eigenvalue weighted by Gasteiger charge is 2.43. The van der Waals surface area contributed by atoms with Gasteiger partial charge in [-0.3, -0.25) is 14.9 Å². The number of rotatable bonds is 5. The highest BCUT2D eigenvalue weighted by molar-refractivity contribution is 6.08. The number of imide groups is 1. The van der Waals surface area contributed by atoms with Crippen LogP contribution >= 0.6 is 0 Å². The van der Waals surface area contributed by atoms with Crippen LogP contribution in [0.1, 0.15) is 28.5 Å². The van der Waals surface area contributed by atoms with Crippen molar-refractivity contribution in [2.45, 2.75) is 19.0 Å². The van der Waals surface area contributed by atoms with Gasteiger partial charge in [-0.1, -0.05) is 48.5 Å². The first-order valence-corrected chi connectivity index (χ1v) is 10.7. The zero-order valence-corrected chi connectivity index (χ0v) is 18.3. The van der Waals surface area contributed by atoms with Crippen LogP contribution in [0, 0.1) is 5.82 Å². The Morgan fingerprint density at radius 3 is 2.53 bits per heavy atom. The van der Waals surface area contributed by atoms with Gasteiger partial charge in [0.2, 0.25) is 0 Å². The second-order valence-corrected chi connectivity index (χ2v) is 8.33. The van der Waals surface area contributed by atoms with Crippen LogP contribution in [0.25, 0.3) is 10.9 Å². The van der Waals surface area contributed by atoms with Crippen molar-refractivity contribution >= 4 is 34.4 Å². The number of aromatic nitrogens is 1. The van der Waals surface area contributed by atoms with Gasteiger partial charge < -0.3 is 15.2 Å². The molecule has 1 unspecified atom stereocenters. The normalized spacial score (nSPS) is 17.5. The van der Waals surface area contributed by atoms with Crippen molar-refractivity contribution in [1.29, 1.82) is 0 Å². The Morgan fingerprint density at radius 2 is 1.76 bits per heavy atom. The van der Waals surface area contributed by atoms with Crippen LogP contribution in [0.5, 0.6) is 0 Å². The van der Waals surface area contributed by atoms with Gasteiger partial charge in [0.05, 0.1) is 6.54 Å². The molecule has 0 spiro atoms. The number of carbonyl (C=O) groups excluding carboxylic acids is 3. The quantitative estimate of drug-likeness (QED) is 0.394. The summed E-state index contributed by atoms with van der Waals surface area (Å²) in [6.07, 6.45) is 0. The molecule has 8 heteroatoms. The molecule has 4 aromatic rings. The summed E-state index contributed by atoms with van der Waals surface area (Å²) in [4.78, 5) is 37.3. The van der Waals surface area contributed by atoms with Crippen molar-refractivity contribution in [3.8, 4) is 0 Å². The lowest BCUT2D eigenvalue weighted by Gasteiger charge is -2.21. The summed E-state index contributed by atoms with van der Waals surface area (Å²) in [5, 5.41) is 8.57. The van der Waals surface area contributed by atoms with Gasteiger partial charge in [0.15, 0.2) is 0 Å². The van der Waals surface area contributed by atoms with Gasteiger partial charge in [0.1, 0.15) is 17.1 Å². The number of nitrogens with zero attached hydrogens (tertiary/aromatic N) is 1. The van der Waals surface area contributed by atoms with Crippen molar-refractivity contribution in [3.05, 3.63) is 102 Å². The van der Waals surface area contributed by atoms with E-state index < -0.39 is 17.5 Å². The van der Waals surface area contributed by atoms with Crippen molar-refractivity contribution < 1.29 is 18.8 Å². The van der Waals surface area contributed by atoms with Crippen molar-refractivity contribution in [3.63, 3.8) is 0 Å². The molecule has 34 heavy (non-hydrogen) atoms. The van der Waals surface area contributed by atoms with Crippen LogP contribution in [-0.2, 0) is 16.9 Å². The minimum absolute atomic E-state index is 0.188. The van der Waals surface area contributed by atoms with Gasteiger partial charge in [0, 0.05) is 22.2 Å². The molecule has 7 nitrogen and oxygen atoms in total. The number of hydrogen-bond acceptors (Lipinski definition) is 3. The molecule has 0 saturated carbocycles. The van der Waals surface area contributed by atoms with E-state index in [1.165, 1.54) is 6.07 Å². The molecule has 1 aromatic heterocycles. The van der Waals surface area contributed by atoms with E-state index in [9.17, 15) is 18.8 Å². The van der Waals surface area contributed by atoms with Gasteiger partial charge in [-0.05, 0) is 42.8 Å². The summed E-state index contributed by atoms with van der Waals surface area (Å²) in [5.74, 6) is -1.19. The van der Waals surface area contributed by atoms with E-state index in [-0.39, 0.29) is 18.3 Å². The molecule has 5 rings (SSSR count). The average molecular weight is 456 g/mol. The third-order valence-electron chi connectivity index (χ3n) is 6.07. The number of benzene rings is 3. The molecule has 3 N–H and O–H groups in total. The predicted octanol–water partition coefficient (Wildman–Crippen LogP) is 4.14. The number of nitrogens with one attached hydrogen (secondary N) is 3. The third-order valence-corrected chi connectivity index (χ3v) is 6.07. The van der Waals surface area contributed by atoms with Crippen LogP contribution in [0.4, 0.5) is 14.9 Å². The van der Waals surface area contributed by atoms with E-state index in [1.54, 1.807) is 60.0 Å². The summed E-state index contributed by atoms with van der Waals surface area (Å²) in [5.41, 5.74) is 1.39. The number of urea groups is 1. The first-order chi connectivity index (χ1) is 16.3. The Morgan fingerprint density at radius 1 is 1.00 bits per heavy atom. The summed E-state index contributed by atoms with van der Waals surface area (Å²) < 4.78 is 16.1. The number of amides is 4. The lowest BCUT2D eigenvalue weighted by atomic mass is 9.92. The number of para-hydroxylation sites is 1. The topological polar surface area (TPSA) is 92.2 Å². The van der Waals surface area contributed by atoms with E-state index >= 15 is 0 Å². The second kappa shape index (κ2) is 8.15. The maximum Gasteiger partial charge on any atom is 0.322 e. The van der Waals surface area contributed by atoms with Crippen molar-refractivity contribution in [1.82, 2.24) is 15.2 Å². The molecule has 0 bridgehead atoms. The first kappa shape index (κ1) is 21.4. The van der Waals surface area contributed by atoms with Crippen LogP contribution in [0.3, 0.4) is 0 Å². The molecule has 3 aromatic carbocycles. The van der Waals surface area contributed by atoms with Gasteiger partial charge in [-0.25, -0.2) is 9.18 Å². The molecule has 1 fully saturated rings. The van der Waals surface area contributed by atoms with E-state index in [0.29, 0.717) is 22.5 Å². The zero-order chi connectivity index (χ0) is 23.9. The predicted molar refractivity (Wildman–Crippen MR) is 126 cm³/mol. The van der Waals surface area contributed by atoms with Crippen LogP contribution in [0.15, 0.2) is 78.9 Å². The van der Waals surface area contributed by atoms with E-state index in [4.69, 9.17) is 0 Å². The highest BCUT2D eigenvalue weighted by atomic mass is 19.1. The summed E-state index contributed by atoms with van der Waals surface area (Å²) >= 11 is 0. The number of halogens is 1.